The lowest BCUT2D eigenvalue weighted by Gasteiger charge is -2.11. The molecule has 6 heteroatoms. The SMILES string of the molecule is C.C.C.C.CCCCOCC(C)OCCO.COCC(C)OCCO. The number of hydrogen-bond acceptors (Lipinski definition) is 6. The van der Waals surface area contributed by atoms with Crippen molar-refractivity contribution in [3.63, 3.8) is 0 Å². The van der Waals surface area contributed by atoms with Gasteiger partial charge in [-0.3, -0.25) is 0 Å². The summed E-state index contributed by atoms with van der Waals surface area (Å²) in [4.78, 5) is 0. The maximum absolute atomic E-state index is 8.46. The van der Waals surface area contributed by atoms with Gasteiger partial charge in [0.1, 0.15) is 0 Å². The van der Waals surface area contributed by atoms with Crippen LogP contribution >= 0.6 is 0 Å². The van der Waals surface area contributed by atoms with Crippen LogP contribution in [0.25, 0.3) is 0 Å². The molecule has 2 unspecified atom stereocenters. The molecular formula is C19H50O6. The number of aliphatic hydroxyl groups is 2. The largest absolute Gasteiger partial charge is 0.394 e. The van der Waals surface area contributed by atoms with Gasteiger partial charge in [0.2, 0.25) is 0 Å². The maximum atomic E-state index is 8.46. The van der Waals surface area contributed by atoms with Gasteiger partial charge in [0.25, 0.3) is 0 Å². The molecule has 0 aliphatic rings. The molecule has 6 nitrogen and oxygen atoms in total. The van der Waals surface area contributed by atoms with E-state index < -0.39 is 0 Å². The van der Waals surface area contributed by atoms with Crippen LogP contribution in [0.4, 0.5) is 0 Å². The lowest BCUT2D eigenvalue weighted by molar-refractivity contribution is -0.0187. The second-order valence-electron chi connectivity index (χ2n) is 4.69. The smallest absolute Gasteiger partial charge is 0.0781 e. The third kappa shape index (κ3) is 40.1. The van der Waals surface area contributed by atoms with Crippen LogP contribution in [0.15, 0.2) is 0 Å². The van der Waals surface area contributed by atoms with Crippen LogP contribution in [0.3, 0.4) is 0 Å². The van der Waals surface area contributed by atoms with Gasteiger partial charge in [-0.05, 0) is 20.3 Å². The van der Waals surface area contributed by atoms with Crippen molar-refractivity contribution in [1.29, 1.82) is 0 Å². The Labute approximate surface area is 158 Å². The Kier molecular flexibility index (Phi) is 55.6. The van der Waals surface area contributed by atoms with E-state index >= 15 is 0 Å². The first kappa shape index (κ1) is 39.7. The quantitative estimate of drug-likeness (QED) is 0.478. The van der Waals surface area contributed by atoms with E-state index in [9.17, 15) is 0 Å². The molecule has 0 spiro atoms. The summed E-state index contributed by atoms with van der Waals surface area (Å²) in [6, 6.07) is 0. The van der Waals surface area contributed by atoms with E-state index in [0.717, 1.165) is 19.4 Å². The molecule has 0 saturated heterocycles. The summed E-state index contributed by atoms with van der Waals surface area (Å²) in [7, 11) is 1.62. The summed E-state index contributed by atoms with van der Waals surface area (Å²) in [6.07, 6.45) is 2.44. The van der Waals surface area contributed by atoms with Crippen LogP contribution in [-0.4, -0.2) is 75.8 Å². The predicted octanol–water partition coefficient (Wildman–Crippen LogP) is 3.78. The number of aliphatic hydroxyl groups excluding tert-OH is 2. The monoisotopic (exact) mass is 374 g/mol. The number of unbranched alkanes of at least 4 members (excludes halogenated alkanes) is 1. The molecule has 0 saturated carbocycles. The predicted molar refractivity (Wildman–Crippen MR) is 110 cm³/mol. The highest BCUT2D eigenvalue weighted by molar-refractivity contribution is 4.46. The van der Waals surface area contributed by atoms with Gasteiger partial charge in [-0.1, -0.05) is 43.1 Å². The second-order valence-corrected chi connectivity index (χ2v) is 4.69. The number of hydrogen-bond donors (Lipinski definition) is 2. The van der Waals surface area contributed by atoms with Crippen LogP contribution in [-0.2, 0) is 18.9 Å². The van der Waals surface area contributed by atoms with E-state index in [1.165, 1.54) is 0 Å². The van der Waals surface area contributed by atoms with Gasteiger partial charge in [-0.2, -0.15) is 0 Å². The zero-order valence-corrected chi connectivity index (χ0v) is 14.0. The van der Waals surface area contributed by atoms with Crippen LogP contribution in [0, 0.1) is 0 Å². The maximum Gasteiger partial charge on any atom is 0.0781 e. The molecule has 0 aromatic carbocycles. The van der Waals surface area contributed by atoms with Crippen LogP contribution in [0.5, 0.6) is 0 Å². The minimum absolute atomic E-state index is 0. The van der Waals surface area contributed by atoms with Crippen molar-refractivity contribution in [3.05, 3.63) is 0 Å². The summed E-state index contributed by atoms with van der Waals surface area (Å²) < 4.78 is 20.4. The van der Waals surface area contributed by atoms with E-state index in [0.29, 0.717) is 26.4 Å². The molecule has 2 N–H and O–H groups in total. The molecule has 25 heavy (non-hydrogen) atoms. The number of methoxy groups -OCH3 is 1. The lowest BCUT2D eigenvalue weighted by Crippen LogP contribution is -2.18. The fourth-order valence-electron chi connectivity index (χ4n) is 1.33. The van der Waals surface area contributed by atoms with E-state index in [4.69, 9.17) is 29.2 Å². The highest BCUT2D eigenvalue weighted by atomic mass is 16.5. The van der Waals surface area contributed by atoms with Gasteiger partial charge in [-0.25, -0.2) is 0 Å². The van der Waals surface area contributed by atoms with Crippen molar-refractivity contribution >= 4 is 0 Å². The van der Waals surface area contributed by atoms with Gasteiger partial charge in [0.15, 0.2) is 0 Å². The van der Waals surface area contributed by atoms with Crippen molar-refractivity contribution in [1.82, 2.24) is 0 Å². The highest BCUT2D eigenvalue weighted by Crippen LogP contribution is 1.94. The summed E-state index contributed by atoms with van der Waals surface area (Å²) in [5.74, 6) is 0. The Balaban J connectivity index is -0.0000000639. The molecule has 0 bridgehead atoms. The van der Waals surface area contributed by atoms with Gasteiger partial charge >= 0.3 is 0 Å². The molecule has 0 aliphatic carbocycles. The van der Waals surface area contributed by atoms with Gasteiger partial charge < -0.3 is 29.2 Å². The summed E-state index contributed by atoms with van der Waals surface area (Å²) in [6.45, 7) is 8.95. The number of rotatable bonds is 13. The van der Waals surface area contributed by atoms with Crippen molar-refractivity contribution in [2.45, 2.75) is 75.5 Å². The molecule has 0 fully saturated rings. The van der Waals surface area contributed by atoms with Crippen molar-refractivity contribution < 1.29 is 29.2 Å². The highest BCUT2D eigenvalue weighted by Gasteiger charge is 2.00. The molecule has 2 atom stereocenters. The van der Waals surface area contributed by atoms with E-state index in [2.05, 4.69) is 6.92 Å². The molecule has 0 amide bonds. The summed E-state index contributed by atoms with van der Waals surface area (Å²) in [5, 5.41) is 16.8. The lowest BCUT2D eigenvalue weighted by atomic mass is 10.3. The van der Waals surface area contributed by atoms with E-state index in [1.54, 1.807) is 7.11 Å². The van der Waals surface area contributed by atoms with Crippen LogP contribution in [0.1, 0.15) is 63.3 Å². The minimum atomic E-state index is 0. The fraction of sp³-hybridized carbons (Fsp3) is 1.00. The standard InChI is InChI=1S/C9H20O3.C6H14O3.4CH4/c1-3-4-6-11-8-9(2)12-7-5-10;1-6(5-8-2)9-4-3-7;;;;/h9-10H,3-8H2,1-2H3;6-7H,3-5H2,1-2H3;4*1H4. The number of ether oxygens (including phenoxy) is 4. The average molecular weight is 375 g/mol. The first-order chi connectivity index (χ1) is 10.1. The Bertz CT molecular complexity index is 181. The van der Waals surface area contributed by atoms with Crippen molar-refractivity contribution in [2.75, 3.05) is 53.4 Å². The fourth-order valence-corrected chi connectivity index (χ4v) is 1.33. The Morgan fingerprint density at radius 1 is 0.760 bits per heavy atom. The second kappa shape index (κ2) is 35.0. The van der Waals surface area contributed by atoms with E-state index in [-0.39, 0.29) is 55.1 Å². The van der Waals surface area contributed by atoms with Crippen LogP contribution in [0.2, 0.25) is 0 Å². The van der Waals surface area contributed by atoms with Crippen LogP contribution < -0.4 is 0 Å². The molecule has 0 aromatic rings. The molecule has 0 radical (unpaired) electrons. The summed E-state index contributed by atoms with van der Waals surface area (Å²) in [5.41, 5.74) is 0. The van der Waals surface area contributed by atoms with Gasteiger partial charge in [0.05, 0.1) is 51.8 Å². The van der Waals surface area contributed by atoms with Gasteiger partial charge in [0, 0.05) is 13.7 Å². The zero-order chi connectivity index (χ0) is 16.3. The molecular weight excluding hydrogens is 324 g/mol. The topological polar surface area (TPSA) is 77.4 Å². The van der Waals surface area contributed by atoms with Gasteiger partial charge in [-0.15, -0.1) is 0 Å². The molecule has 0 aromatic heterocycles. The first-order valence-corrected chi connectivity index (χ1v) is 7.63. The van der Waals surface area contributed by atoms with Crippen molar-refractivity contribution in [2.24, 2.45) is 0 Å². The molecule has 0 rings (SSSR count). The Morgan fingerprint density at radius 2 is 1.20 bits per heavy atom. The molecule has 0 heterocycles. The molecule has 162 valence electrons. The minimum Gasteiger partial charge on any atom is -0.394 e. The Morgan fingerprint density at radius 3 is 1.56 bits per heavy atom. The summed E-state index contributed by atoms with van der Waals surface area (Å²) >= 11 is 0. The van der Waals surface area contributed by atoms with E-state index in [1.807, 2.05) is 13.8 Å². The third-order valence-electron chi connectivity index (χ3n) is 2.38. The third-order valence-corrected chi connectivity index (χ3v) is 2.38. The Hall–Kier alpha value is -0.240. The molecule has 0 aliphatic heterocycles. The average Bonchev–Trinajstić information content (AvgIpc) is 2.48. The van der Waals surface area contributed by atoms with Crippen molar-refractivity contribution in [3.8, 4) is 0 Å². The zero-order valence-electron chi connectivity index (χ0n) is 14.0. The first-order valence-electron chi connectivity index (χ1n) is 7.63. The normalized spacial score (nSPS) is 11.3.